The van der Waals surface area contributed by atoms with Crippen molar-refractivity contribution in [2.75, 3.05) is 19.8 Å². The summed E-state index contributed by atoms with van der Waals surface area (Å²) in [7, 11) is -3.34. The summed E-state index contributed by atoms with van der Waals surface area (Å²) in [5, 5.41) is 2.50. The van der Waals surface area contributed by atoms with Gasteiger partial charge in [0.15, 0.2) is 0 Å². The molecule has 1 aromatic rings. The third-order valence-electron chi connectivity index (χ3n) is 3.39. The van der Waals surface area contributed by atoms with Crippen LogP contribution in [0.3, 0.4) is 0 Å². The summed E-state index contributed by atoms with van der Waals surface area (Å²) in [6, 6.07) is 3.70. The molecule has 0 saturated heterocycles. The van der Waals surface area contributed by atoms with Crippen LogP contribution in [0.1, 0.15) is 46.1 Å². The van der Waals surface area contributed by atoms with Crippen molar-refractivity contribution in [3.05, 3.63) is 30.1 Å². The van der Waals surface area contributed by atoms with Crippen molar-refractivity contribution >= 4 is 7.60 Å². The molecule has 1 aromatic heterocycles. The molecule has 0 amide bonds. The Morgan fingerprint density at radius 2 is 1.76 bits per heavy atom. The van der Waals surface area contributed by atoms with Gasteiger partial charge in [0.25, 0.3) is 0 Å². The third kappa shape index (κ3) is 4.36. The second-order valence-corrected chi connectivity index (χ2v) is 7.33. The molecule has 6 heteroatoms. The lowest BCUT2D eigenvalue weighted by Gasteiger charge is -2.37. The van der Waals surface area contributed by atoms with E-state index in [1.807, 2.05) is 32.9 Å². The fourth-order valence-corrected chi connectivity index (χ4v) is 4.22. The second kappa shape index (κ2) is 8.64. The van der Waals surface area contributed by atoms with Crippen LogP contribution in [0.2, 0.25) is 0 Å². The van der Waals surface area contributed by atoms with E-state index in [1.165, 1.54) is 0 Å². The molecule has 0 aromatic carbocycles. The first-order valence-corrected chi connectivity index (χ1v) is 9.13. The van der Waals surface area contributed by atoms with Crippen LogP contribution in [0, 0.1) is 0 Å². The predicted molar refractivity (Wildman–Crippen MR) is 85.4 cm³/mol. The van der Waals surface area contributed by atoms with Gasteiger partial charge in [-0.15, -0.1) is 0 Å². The van der Waals surface area contributed by atoms with Gasteiger partial charge in [0.05, 0.1) is 13.2 Å². The van der Waals surface area contributed by atoms with Crippen molar-refractivity contribution in [2.24, 2.45) is 0 Å². The summed E-state index contributed by atoms with van der Waals surface area (Å²) in [5.41, 5.74) is 0.860. The zero-order chi connectivity index (χ0) is 15.8. The van der Waals surface area contributed by atoms with Gasteiger partial charge in [-0.1, -0.05) is 13.3 Å². The Labute approximate surface area is 128 Å². The Hall–Kier alpha value is -0.740. The summed E-state index contributed by atoms with van der Waals surface area (Å²) >= 11 is 0. The molecular weight excluding hydrogens is 287 g/mol. The van der Waals surface area contributed by atoms with Crippen LogP contribution in [0.5, 0.6) is 0 Å². The molecule has 0 saturated carbocycles. The van der Waals surface area contributed by atoms with E-state index in [-0.39, 0.29) is 0 Å². The van der Waals surface area contributed by atoms with Gasteiger partial charge >= 0.3 is 7.60 Å². The van der Waals surface area contributed by atoms with Gasteiger partial charge < -0.3 is 9.05 Å². The fourth-order valence-electron chi connectivity index (χ4n) is 2.18. The van der Waals surface area contributed by atoms with Crippen molar-refractivity contribution in [3.63, 3.8) is 0 Å². The molecule has 21 heavy (non-hydrogen) atoms. The minimum atomic E-state index is -3.34. The monoisotopic (exact) mass is 314 g/mol. The van der Waals surface area contributed by atoms with Crippen LogP contribution < -0.4 is 5.32 Å². The van der Waals surface area contributed by atoms with Gasteiger partial charge in [-0.25, -0.2) is 0 Å². The largest absolute Gasteiger partial charge is 0.354 e. The SMILES string of the molecule is CCCCNC(C)(c1ccncc1)P(=O)(OCC)OCC. The molecule has 0 spiro atoms. The Kier molecular flexibility index (Phi) is 7.53. The molecule has 0 aliphatic heterocycles. The first-order chi connectivity index (χ1) is 10.0. The Morgan fingerprint density at radius 3 is 2.24 bits per heavy atom. The van der Waals surface area contributed by atoms with E-state index < -0.39 is 12.9 Å². The average molecular weight is 314 g/mol. The maximum Gasteiger partial charge on any atom is 0.354 e. The lowest BCUT2D eigenvalue weighted by molar-refractivity contribution is 0.189. The van der Waals surface area contributed by atoms with Gasteiger partial charge in [0, 0.05) is 12.4 Å². The predicted octanol–water partition coefficient (Wildman–Crippen LogP) is 3.91. The first-order valence-electron chi connectivity index (χ1n) is 7.58. The van der Waals surface area contributed by atoms with Gasteiger partial charge in [-0.3, -0.25) is 14.9 Å². The molecule has 1 heterocycles. The van der Waals surface area contributed by atoms with Crippen molar-refractivity contribution in [2.45, 2.75) is 45.8 Å². The topological polar surface area (TPSA) is 60.5 Å². The highest BCUT2D eigenvalue weighted by Gasteiger charge is 2.48. The smallest absolute Gasteiger partial charge is 0.307 e. The van der Waals surface area contributed by atoms with E-state index in [9.17, 15) is 4.57 Å². The summed E-state index contributed by atoms with van der Waals surface area (Å²) in [6.07, 6.45) is 5.44. The van der Waals surface area contributed by atoms with Crippen LogP contribution in [0.15, 0.2) is 24.5 Å². The number of nitrogens with one attached hydrogen (secondary N) is 1. The Bertz CT molecular complexity index is 445. The van der Waals surface area contributed by atoms with Gasteiger partial charge in [0.2, 0.25) is 0 Å². The number of pyridine rings is 1. The van der Waals surface area contributed by atoms with Crippen molar-refractivity contribution in [1.82, 2.24) is 10.3 Å². The first kappa shape index (κ1) is 18.3. The van der Waals surface area contributed by atoms with Crippen molar-refractivity contribution < 1.29 is 13.6 Å². The van der Waals surface area contributed by atoms with Crippen molar-refractivity contribution in [1.29, 1.82) is 0 Å². The quantitative estimate of drug-likeness (QED) is 0.524. The van der Waals surface area contributed by atoms with E-state index in [4.69, 9.17) is 9.05 Å². The minimum absolute atomic E-state index is 0.341. The van der Waals surface area contributed by atoms with Crippen LogP contribution in [-0.4, -0.2) is 24.7 Å². The van der Waals surface area contributed by atoms with E-state index >= 15 is 0 Å². The van der Waals surface area contributed by atoms with E-state index in [0.717, 1.165) is 24.9 Å². The lowest BCUT2D eigenvalue weighted by Crippen LogP contribution is -2.41. The molecule has 1 unspecified atom stereocenters. The summed E-state index contributed by atoms with van der Waals surface area (Å²) in [4.78, 5) is 4.03. The third-order valence-corrected chi connectivity index (χ3v) is 6.10. The number of hydrogen-bond acceptors (Lipinski definition) is 5. The molecular formula is C15H27N2O3P. The molecule has 0 bridgehead atoms. The Balaban J connectivity index is 3.18. The molecule has 1 rings (SSSR count). The number of aromatic nitrogens is 1. The van der Waals surface area contributed by atoms with Crippen LogP contribution in [0.4, 0.5) is 0 Å². The maximum absolute atomic E-state index is 13.3. The minimum Gasteiger partial charge on any atom is -0.307 e. The zero-order valence-corrected chi connectivity index (χ0v) is 14.4. The Morgan fingerprint density at radius 1 is 1.19 bits per heavy atom. The number of hydrogen-bond donors (Lipinski definition) is 1. The maximum atomic E-state index is 13.3. The number of unbranched alkanes of at least 4 members (excludes halogenated alkanes) is 1. The van der Waals surface area contributed by atoms with E-state index in [2.05, 4.69) is 17.2 Å². The summed E-state index contributed by atoms with van der Waals surface area (Å²) < 4.78 is 24.4. The summed E-state index contributed by atoms with van der Waals surface area (Å²) in [5.74, 6) is 0. The van der Waals surface area contributed by atoms with Crippen molar-refractivity contribution in [3.8, 4) is 0 Å². The highest BCUT2D eigenvalue weighted by atomic mass is 31.2. The van der Waals surface area contributed by atoms with E-state index in [1.54, 1.807) is 12.4 Å². The fraction of sp³-hybridized carbons (Fsp3) is 0.667. The van der Waals surface area contributed by atoms with Crippen LogP contribution in [0.25, 0.3) is 0 Å². The standard InChI is InChI=1S/C15H27N2O3P/c1-5-8-11-17-15(4,14-9-12-16-13-10-14)21(18,19-6-2)20-7-3/h9-10,12-13,17H,5-8,11H2,1-4H3. The van der Waals surface area contributed by atoms with Gasteiger partial charge in [-0.05, 0) is 51.4 Å². The zero-order valence-electron chi connectivity index (χ0n) is 13.5. The normalized spacial score (nSPS) is 14.9. The number of rotatable bonds is 10. The highest BCUT2D eigenvalue weighted by Crippen LogP contribution is 2.63. The molecule has 1 atom stereocenters. The summed E-state index contributed by atoms with van der Waals surface area (Å²) in [6.45, 7) is 9.08. The molecule has 0 fully saturated rings. The van der Waals surface area contributed by atoms with Crippen LogP contribution >= 0.6 is 7.60 Å². The average Bonchev–Trinajstić information content (AvgIpc) is 2.48. The number of nitrogens with zero attached hydrogens (tertiary/aromatic N) is 1. The molecule has 0 aliphatic rings. The molecule has 120 valence electrons. The molecule has 1 N–H and O–H groups in total. The molecule has 0 aliphatic carbocycles. The van der Waals surface area contributed by atoms with E-state index in [0.29, 0.717) is 13.2 Å². The van der Waals surface area contributed by atoms with Crippen LogP contribution in [-0.2, 0) is 18.9 Å². The van der Waals surface area contributed by atoms with Gasteiger partial charge in [-0.2, -0.15) is 0 Å². The highest BCUT2D eigenvalue weighted by molar-refractivity contribution is 7.55. The van der Waals surface area contributed by atoms with Gasteiger partial charge in [0.1, 0.15) is 5.28 Å². The lowest BCUT2D eigenvalue weighted by atomic mass is 10.1. The molecule has 5 nitrogen and oxygen atoms in total. The molecule has 0 radical (unpaired) electrons. The second-order valence-electron chi connectivity index (χ2n) is 4.92.